The van der Waals surface area contributed by atoms with Crippen LogP contribution in [-0.2, 0) is 21.9 Å². The van der Waals surface area contributed by atoms with E-state index in [9.17, 15) is 13.2 Å². The molecule has 0 aliphatic carbocycles. The lowest BCUT2D eigenvalue weighted by atomic mass is 10.1. The summed E-state index contributed by atoms with van der Waals surface area (Å²) in [5, 5.41) is 3.59. The highest BCUT2D eigenvalue weighted by molar-refractivity contribution is 7.94. The number of halogens is 3. The molecule has 0 spiro atoms. The highest BCUT2D eigenvalue weighted by Gasteiger charge is 2.37. The fourth-order valence-electron chi connectivity index (χ4n) is 1.87. The van der Waals surface area contributed by atoms with Gasteiger partial charge in [0.05, 0.1) is 17.7 Å². The van der Waals surface area contributed by atoms with Gasteiger partial charge in [-0.3, -0.25) is 0 Å². The van der Waals surface area contributed by atoms with Crippen LogP contribution in [0.3, 0.4) is 0 Å². The first-order valence-electron chi connectivity index (χ1n) is 6.65. The molecule has 0 atom stereocenters. The van der Waals surface area contributed by atoms with E-state index in [0.717, 1.165) is 12.0 Å². The molecule has 0 aliphatic heterocycles. The van der Waals surface area contributed by atoms with E-state index >= 15 is 0 Å². The van der Waals surface area contributed by atoms with Gasteiger partial charge in [0.15, 0.2) is 0 Å². The lowest BCUT2D eigenvalue weighted by molar-refractivity contribution is -0.195. The zero-order valence-corrected chi connectivity index (χ0v) is 13.2. The van der Waals surface area contributed by atoms with Gasteiger partial charge in [-0.2, -0.15) is 19.1 Å². The van der Waals surface area contributed by atoms with Crippen LogP contribution in [0.5, 0.6) is 0 Å². The van der Waals surface area contributed by atoms with Crippen molar-refractivity contribution in [2.45, 2.75) is 31.3 Å². The normalized spacial score (nSPS) is 12.1. The lowest BCUT2D eigenvalue weighted by Gasteiger charge is -2.08. The predicted molar refractivity (Wildman–Crippen MR) is 77.1 cm³/mol. The van der Waals surface area contributed by atoms with Crippen molar-refractivity contribution in [3.05, 3.63) is 35.9 Å². The molecule has 2 rings (SSSR count). The second kappa shape index (κ2) is 7.30. The molecule has 2 aromatic rings. The molecule has 6 nitrogen and oxygen atoms in total. The van der Waals surface area contributed by atoms with Crippen molar-refractivity contribution in [2.75, 3.05) is 0 Å². The van der Waals surface area contributed by atoms with Crippen LogP contribution in [0.1, 0.15) is 25.5 Å². The van der Waals surface area contributed by atoms with Crippen molar-refractivity contribution in [1.82, 2.24) is 14.8 Å². The Morgan fingerprint density at radius 3 is 2.43 bits per heavy atom. The number of nitrogens with two attached hydrogens (primary N) is 1. The largest absolute Gasteiger partial charge is 0.453 e. The average molecular weight is 348 g/mol. The molecule has 1 heterocycles. The second-order valence-corrected chi connectivity index (χ2v) is 5.87. The fraction of sp³-hybridized carbons (Fsp3) is 0.385. The van der Waals surface area contributed by atoms with E-state index in [1.54, 1.807) is 24.3 Å². The fourth-order valence-corrected chi connectivity index (χ4v) is 2.24. The highest BCUT2D eigenvalue weighted by atomic mass is 32.2. The molecule has 0 radical (unpaired) electrons. The number of hydrogen-bond acceptors (Lipinski definition) is 6. The SMILES string of the molecule is CC(C)Cc1nc(C(F)(F)F)nn1-c1ccc(SOON)cc1. The van der Waals surface area contributed by atoms with Gasteiger partial charge in [0.2, 0.25) is 0 Å². The summed E-state index contributed by atoms with van der Waals surface area (Å²) >= 11 is 0.876. The summed E-state index contributed by atoms with van der Waals surface area (Å²) in [5.74, 6) is 3.99. The first-order chi connectivity index (χ1) is 10.8. The number of hydrogen-bond donors (Lipinski definition) is 1. The van der Waals surface area contributed by atoms with E-state index < -0.39 is 12.0 Å². The molecule has 1 aromatic heterocycles. The van der Waals surface area contributed by atoms with Crippen molar-refractivity contribution in [3.8, 4) is 5.69 Å². The summed E-state index contributed by atoms with van der Waals surface area (Å²) in [5.41, 5.74) is 0.474. The molecule has 23 heavy (non-hydrogen) atoms. The van der Waals surface area contributed by atoms with E-state index in [-0.39, 0.29) is 11.7 Å². The van der Waals surface area contributed by atoms with Crippen LogP contribution in [0, 0.1) is 5.92 Å². The smallest absolute Gasteiger partial charge is 0.217 e. The Hall–Kier alpha value is -1.62. The average Bonchev–Trinajstić information content (AvgIpc) is 2.89. The molecule has 1 aromatic carbocycles. The van der Waals surface area contributed by atoms with Gasteiger partial charge in [-0.1, -0.05) is 13.8 Å². The molecule has 0 unspecified atom stereocenters. The molecule has 126 valence electrons. The molecule has 0 saturated heterocycles. The van der Waals surface area contributed by atoms with Crippen LogP contribution < -0.4 is 5.90 Å². The van der Waals surface area contributed by atoms with E-state index in [4.69, 9.17) is 5.90 Å². The van der Waals surface area contributed by atoms with Crippen LogP contribution in [0.15, 0.2) is 29.2 Å². The third kappa shape index (κ3) is 4.67. The van der Waals surface area contributed by atoms with Crippen LogP contribution >= 0.6 is 12.0 Å². The van der Waals surface area contributed by atoms with E-state index in [1.165, 1.54) is 4.68 Å². The summed E-state index contributed by atoms with van der Waals surface area (Å²) < 4.78 is 44.3. The van der Waals surface area contributed by atoms with Crippen molar-refractivity contribution in [2.24, 2.45) is 11.8 Å². The Kier molecular flexibility index (Phi) is 5.63. The number of rotatable bonds is 6. The molecule has 0 amide bonds. The topological polar surface area (TPSA) is 75.2 Å². The molecule has 2 N–H and O–H groups in total. The van der Waals surface area contributed by atoms with Gasteiger partial charge < -0.3 is 0 Å². The zero-order chi connectivity index (χ0) is 17.0. The maximum atomic E-state index is 12.9. The van der Waals surface area contributed by atoms with Crippen molar-refractivity contribution in [3.63, 3.8) is 0 Å². The van der Waals surface area contributed by atoms with Gasteiger partial charge in [-0.05, 0) is 30.2 Å². The number of benzene rings is 1. The molecule has 0 aliphatic rings. The van der Waals surface area contributed by atoms with Gasteiger partial charge in [0.1, 0.15) is 5.82 Å². The minimum atomic E-state index is -4.58. The maximum Gasteiger partial charge on any atom is 0.453 e. The minimum Gasteiger partial charge on any atom is -0.217 e. The van der Waals surface area contributed by atoms with Gasteiger partial charge in [-0.15, -0.1) is 14.4 Å². The number of aromatic nitrogens is 3. The molecular formula is C13H15F3N4O2S. The van der Waals surface area contributed by atoms with Gasteiger partial charge >= 0.3 is 6.18 Å². The van der Waals surface area contributed by atoms with E-state index in [1.807, 2.05) is 13.8 Å². The Balaban J connectivity index is 2.34. The molecule has 0 fully saturated rings. The quantitative estimate of drug-likeness (QED) is 0.490. The Morgan fingerprint density at radius 1 is 1.26 bits per heavy atom. The van der Waals surface area contributed by atoms with E-state index in [0.29, 0.717) is 17.0 Å². The van der Waals surface area contributed by atoms with Crippen LogP contribution in [0.4, 0.5) is 13.2 Å². The van der Waals surface area contributed by atoms with Crippen molar-refractivity contribution in [1.29, 1.82) is 0 Å². The number of nitrogens with zero attached hydrogens (tertiary/aromatic N) is 3. The molecular weight excluding hydrogens is 333 g/mol. The third-order valence-electron chi connectivity index (χ3n) is 2.77. The van der Waals surface area contributed by atoms with Crippen LogP contribution in [0.25, 0.3) is 5.69 Å². The third-order valence-corrected chi connectivity index (χ3v) is 3.38. The van der Waals surface area contributed by atoms with E-state index in [2.05, 4.69) is 19.4 Å². The van der Waals surface area contributed by atoms with Crippen molar-refractivity contribution < 1.29 is 22.5 Å². The first kappa shape index (κ1) is 17.7. The van der Waals surface area contributed by atoms with Gasteiger partial charge in [-0.25, -0.2) is 9.67 Å². The predicted octanol–water partition coefficient (Wildman–Crippen LogP) is 3.31. The molecule has 0 saturated carbocycles. The minimum absolute atomic E-state index is 0.143. The summed E-state index contributed by atoms with van der Waals surface area (Å²) in [6.07, 6.45) is -4.21. The van der Waals surface area contributed by atoms with Crippen molar-refractivity contribution >= 4 is 12.0 Å². The monoisotopic (exact) mass is 348 g/mol. The van der Waals surface area contributed by atoms with Gasteiger partial charge in [0, 0.05) is 11.3 Å². The first-order valence-corrected chi connectivity index (χ1v) is 7.39. The molecule has 10 heteroatoms. The van der Waals surface area contributed by atoms with Crippen LogP contribution in [0.2, 0.25) is 0 Å². The standard InChI is InChI=1S/C13H15F3N4O2S/c1-8(2)7-11-18-12(13(14,15)16)19-20(11)9-3-5-10(6-4-9)23-22-21-17/h3-6,8H,7,17H2,1-2H3. The Bertz CT molecular complexity index is 644. The molecule has 0 bridgehead atoms. The summed E-state index contributed by atoms with van der Waals surface area (Å²) in [6.45, 7) is 3.80. The van der Waals surface area contributed by atoms with Gasteiger partial charge in [0.25, 0.3) is 5.82 Å². The lowest BCUT2D eigenvalue weighted by Crippen LogP contribution is -2.08. The summed E-state index contributed by atoms with van der Waals surface area (Å²) in [4.78, 5) is 8.27. The Labute approximate surface area is 134 Å². The number of alkyl halides is 3. The second-order valence-electron chi connectivity index (χ2n) is 5.10. The highest BCUT2D eigenvalue weighted by Crippen LogP contribution is 2.28. The Morgan fingerprint density at radius 2 is 1.91 bits per heavy atom. The zero-order valence-electron chi connectivity index (χ0n) is 12.4. The van der Waals surface area contributed by atoms with Crippen LogP contribution in [-0.4, -0.2) is 14.8 Å². The maximum absolute atomic E-state index is 12.9. The summed E-state index contributed by atoms with van der Waals surface area (Å²) in [7, 11) is 0. The summed E-state index contributed by atoms with van der Waals surface area (Å²) in [6, 6.07) is 6.52.